The van der Waals surface area contributed by atoms with Crippen molar-refractivity contribution in [1.29, 1.82) is 0 Å². The third-order valence-corrected chi connectivity index (χ3v) is 5.87. The zero-order chi connectivity index (χ0) is 17.0. The second-order valence-corrected chi connectivity index (χ2v) is 7.95. The molecule has 0 amide bonds. The summed E-state index contributed by atoms with van der Waals surface area (Å²) in [6.45, 7) is 0.258. The maximum Gasteiger partial charge on any atom is 0.218 e. The number of sulfonamides is 1. The van der Waals surface area contributed by atoms with Gasteiger partial charge >= 0.3 is 0 Å². The molecule has 0 aliphatic carbocycles. The zero-order valence-electron chi connectivity index (χ0n) is 12.8. The molecule has 0 saturated carbocycles. The Morgan fingerprint density at radius 1 is 1.04 bits per heavy atom. The Morgan fingerprint density at radius 2 is 1.61 bits per heavy atom. The summed E-state index contributed by atoms with van der Waals surface area (Å²) in [6.07, 6.45) is 0. The summed E-state index contributed by atoms with van der Waals surface area (Å²) in [5.41, 5.74) is 1.28. The van der Waals surface area contributed by atoms with Crippen molar-refractivity contribution in [2.24, 2.45) is 0 Å². The molecule has 23 heavy (non-hydrogen) atoms. The van der Waals surface area contributed by atoms with Gasteiger partial charge < -0.3 is 4.74 Å². The second kappa shape index (κ2) is 7.53. The number of hydrogen-bond donors (Lipinski definition) is 0. The Labute approximate surface area is 146 Å². The van der Waals surface area contributed by atoms with Gasteiger partial charge in [0.25, 0.3) is 0 Å². The monoisotopic (exact) mass is 373 g/mol. The minimum absolute atomic E-state index is 0.238. The van der Waals surface area contributed by atoms with Crippen LogP contribution in [0.4, 0.5) is 0 Å². The van der Waals surface area contributed by atoms with Gasteiger partial charge in [0, 0.05) is 29.2 Å². The molecular formula is C16H17Cl2NO3S. The minimum atomic E-state index is -3.54. The smallest absolute Gasteiger partial charge is 0.218 e. The number of rotatable bonds is 6. The van der Waals surface area contributed by atoms with Crippen LogP contribution in [0.5, 0.6) is 5.75 Å². The Balaban J connectivity index is 2.15. The fourth-order valence-electron chi connectivity index (χ4n) is 2.05. The molecule has 2 rings (SSSR count). The van der Waals surface area contributed by atoms with Crippen LogP contribution in [-0.2, 0) is 22.3 Å². The Bertz CT molecular complexity index is 756. The summed E-state index contributed by atoms with van der Waals surface area (Å²) in [4.78, 5) is 0. The van der Waals surface area contributed by atoms with E-state index in [1.165, 1.54) is 11.4 Å². The molecule has 4 nitrogen and oxygen atoms in total. The summed E-state index contributed by atoms with van der Waals surface area (Å²) in [6, 6.07) is 12.2. The zero-order valence-corrected chi connectivity index (χ0v) is 15.1. The topological polar surface area (TPSA) is 46.6 Å². The lowest BCUT2D eigenvalue weighted by atomic mass is 10.2. The maximum absolute atomic E-state index is 12.5. The van der Waals surface area contributed by atoms with Crippen molar-refractivity contribution in [3.8, 4) is 5.75 Å². The fraction of sp³-hybridized carbons (Fsp3) is 0.250. The van der Waals surface area contributed by atoms with Crippen LogP contribution in [0.2, 0.25) is 10.0 Å². The van der Waals surface area contributed by atoms with Gasteiger partial charge in [0.15, 0.2) is 0 Å². The van der Waals surface area contributed by atoms with Gasteiger partial charge in [-0.25, -0.2) is 12.7 Å². The predicted octanol–water partition coefficient (Wildman–Crippen LogP) is 3.96. The van der Waals surface area contributed by atoms with Crippen LogP contribution < -0.4 is 4.74 Å². The van der Waals surface area contributed by atoms with E-state index in [0.29, 0.717) is 15.6 Å². The van der Waals surface area contributed by atoms with Crippen molar-refractivity contribution < 1.29 is 13.2 Å². The van der Waals surface area contributed by atoms with Crippen LogP contribution in [0.3, 0.4) is 0 Å². The molecule has 0 bridgehead atoms. The van der Waals surface area contributed by atoms with Crippen molar-refractivity contribution >= 4 is 33.2 Å². The third-order valence-electron chi connectivity index (χ3n) is 3.43. The number of hydrogen-bond acceptors (Lipinski definition) is 3. The first-order chi connectivity index (χ1) is 10.8. The summed E-state index contributed by atoms with van der Waals surface area (Å²) in [5, 5.41) is 0.692. The molecule has 2 aromatic rings. The lowest BCUT2D eigenvalue weighted by Gasteiger charge is -2.18. The largest absolute Gasteiger partial charge is 0.497 e. The van der Waals surface area contributed by atoms with Crippen molar-refractivity contribution in [3.05, 3.63) is 63.6 Å². The fourth-order valence-corrected chi connectivity index (χ4v) is 3.98. The molecule has 0 aliphatic rings. The molecule has 0 radical (unpaired) electrons. The van der Waals surface area contributed by atoms with E-state index in [-0.39, 0.29) is 12.3 Å². The number of benzene rings is 2. The first kappa shape index (κ1) is 18.1. The molecule has 0 aromatic heterocycles. The molecule has 7 heteroatoms. The highest BCUT2D eigenvalue weighted by atomic mass is 35.5. The first-order valence-electron chi connectivity index (χ1n) is 6.83. The van der Waals surface area contributed by atoms with Gasteiger partial charge in [-0.2, -0.15) is 0 Å². The SMILES string of the molecule is COc1ccc(CN(C)S(=O)(=O)Cc2c(Cl)cccc2Cl)cc1. The van der Waals surface area contributed by atoms with Crippen molar-refractivity contribution in [2.45, 2.75) is 12.3 Å². The van der Waals surface area contributed by atoms with Crippen molar-refractivity contribution in [2.75, 3.05) is 14.2 Å². The molecule has 0 spiro atoms. The van der Waals surface area contributed by atoms with Crippen LogP contribution in [0, 0.1) is 0 Å². The molecule has 0 atom stereocenters. The molecular weight excluding hydrogens is 357 g/mol. The van der Waals surface area contributed by atoms with E-state index in [9.17, 15) is 8.42 Å². The van der Waals surface area contributed by atoms with Gasteiger partial charge in [0.05, 0.1) is 12.9 Å². The standard InChI is InChI=1S/C16H17Cl2NO3S/c1-19(10-12-6-8-13(22-2)9-7-12)23(20,21)11-14-15(17)4-3-5-16(14)18/h3-9H,10-11H2,1-2H3. The Kier molecular flexibility index (Phi) is 5.92. The molecule has 0 fully saturated rings. The molecule has 0 N–H and O–H groups in total. The van der Waals surface area contributed by atoms with Gasteiger partial charge in [0.1, 0.15) is 5.75 Å². The van der Waals surface area contributed by atoms with E-state index < -0.39 is 10.0 Å². The van der Waals surface area contributed by atoms with Crippen LogP contribution in [-0.4, -0.2) is 26.9 Å². The van der Waals surface area contributed by atoms with Crippen LogP contribution in [0.1, 0.15) is 11.1 Å². The van der Waals surface area contributed by atoms with Crippen molar-refractivity contribution in [1.82, 2.24) is 4.31 Å². The summed E-state index contributed by atoms with van der Waals surface area (Å²) >= 11 is 12.1. The van der Waals surface area contributed by atoms with Crippen LogP contribution in [0.15, 0.2) is 42.5 Å². The molecule has 0 aliphatic heterocycles. The number of methoxy groups -OCH3 is 1. The average molecular weight is 374 g/mol. The maximum atomic E-state index is 12.5. The van der Waals surface area contributed by atoms with Crippen molar-refractivity contribution in [3.63, 3.8) is 0 Å². The molecule has 0 heterocycles. The molecule has 0 saturated heterocycles. The minimum Gasteiger partial charge on any atom is -0.497 e. The quantitative estimate of drug-likeness (QED) is 0.769. The van der Waals surface area contributed by atoms with E-state index in [2.05, 4.69) is 0 Å². The lowest BCUT2D eigenvalue weighted by molar-refractivity contribution is 0.414. The molecule has 2 aromatic carbocycles. The summed E-state index contributed by atoms with van der Waals surface area (Å²) in [7, 11) is -0.425. The van der Waals surface area contributed by atoms with Gasteiger partial charge in [-0.05, 0) is 29.8 Å². The predicted molar refractivity (Wildman–Crippen MR) is 93.5 cm³/mol. The molecule has 124 valence electrons. The highest BCUT2D eigenvalue weighted by Crippen LogP contribution is 2.27. The lowest BCUT2D eigenvalue weighted by Crippen LogP contribution is -2.28. The van der Waals surface area contributed by atoms with E-state index in [4.69, 9.17) is 27.9 Å². The first-order valence-corrected chi connectivity index (χ1v) is 9.20. The van der Waals surface area contributed by atoms with Crippen LogP contribution >= 0.6 is 23.2 Å². The highest BCUT2D eigenvalue weighted by molar-refractivity contribution is 7.88. The highest BCUT2D eigenvalue weighted by Gasteiger charge is 2.21. The van der Waals surface area contributed by atoms with Gasteiger partial charge in [-0.3, -0.25) is 0 Å². The number of ether oxygens (including phenoxy) is 1. The average Bonchev–Trinajstić information content (AvgIpc) is 2.52. The van der Waals surface area contributed by atoms with Gasteiger partial charge in [-0.15, -0.1) is 0 Å². The number of halogens is 2. The molecule has 0 unspecified atom stereocenters. The number of nitrogens with zero attached hydrogens (tertiary/aromatic N) is 1. The van der Waals surface area contributed by atoms with E-state index in [1.54, 1.807) is 37.4 Å². The Hall–Kier alpha value is -1.27. The van der Waals surface area contributed by atoms with E-state index in [0.717, 1.165) is 11.3 Å². The second-order valence-electron chi connectivity index (χ2n) is 5.06. The summed E-state index contributed by atoms with van der Waals surface area (Å²) in [5.74, 6) is 0.486. The van der Waals surface area contributed by atoms with E-state index >= 15 is 0 Å². The summed E-state index contributed by atoms with van der Waals surface area (Å²) < 4.78 is 31.4. The Morgan fingerprint density at radius 3 is 2.13 bits per heavy atom. The van der Waals surface area contributed by atoms with Gasteiger partial charge in [-0.1, -0.05) is 41.4 Å². The third kappa shape index (κ3) is 4.61. The van der Waals surface area contributed by atoms with Gasteiger partial charge in [0.2, 0.25) is 10.0 Å². The van der Waals surface area contributed by atoms with E-state index in [1.807, 2.05) is 12.1 Å². The van der Waals surface area contributed by atoms with Crippen LogP contribution in [0.25, 0.3) is 0 Å². The normalized spacial score (nSPS) is 11.7.